The molecule has 0 aliphatic carbocycles. The average Bonchev–Trinajstić information content (AvgIpc) is 2.69. The molecular weight excluding hydrogens is 364 g/mol. The quantitative estimate of drug-likeness (QED) is 0.439. The number of halogens is 1. The molecule has 3 aromatic carbocycles. The molecule has 27 heavy (non-hydrogen) atoms. The summed E-state index contributed by atoms with van der Waals surface area (Å²) in [6, 6.07) is 23.2. The Labute approximate surface area is 162 Å². The van der Waals surface area contributed by atoms with Gasteiger partial charge in [0.15, 0.2) is 0 Å². The van der Waals surface area contributed by atoms with Crippen LogP contribution < -0.4 is 4.90 Å². The van der Waals surface area contributed by atoms with Crippen molar-refractivity contribution in [1.82, 2.24) is 0 Å². The first-order valence-electron chi connectivity index (χ1n) is 8.41. The second kappa shape index (κ2) is 8.47. The monoisotopic (exact) mass is 380 g/mol. The van der Waals surface area contributed by atoms with Crippen molar-refractivity contribution in [2.45, 2.75) is 6.42 Å². The lowest BCUT2D eigenvalue weighted by Gasteiger charge is -2.23. The Bertz CT molecular complexity index is 946. The van der Waals surface area contributed by atoms with Crippen LogP contribution in [0.4, 0.5) is 11.4 Å². The Balaban J connectivity index is 1.91. The highest BCUT2D eigenvalue weighted by molar-refractivity contribution is 6.32. The Kier molecular flexibility index (Phi) is 5.84. The van der Waals surface area contributed by atoms with Crippen LogP contribution in [0.15, 0.2) is 78.9 Å². The van der Waals surface area contributed by atoms with Gasteiger partial charge in [-0.25, -0.2) is 0 Å². The fraction of sp³-hybridized carbons (Fsp3) is 0.0952. The number of carbonyl (C=O) groups excluding carboxylic acids is 1. The van der Waals surface area contributed by atoms with E-state index in [0.717, 1.165) is 11.3 Å². The van der Waals surface area contributed by atoms with E-state index in [1.54, 1.807) is 4.90 Å². The molecule has 1 amide bonds. The zero-order chi connectivity index (χ0) is 19.2. The maximum Gasteiger partial charge on any atom is 0.288 e. The van der Waals surface area contributed by atoms with Crippen molar-refractivity contribution >= 4 is 28.9 Å². The van der Waals surface area contributed by atoms with Gasteiger partial charge in [-0.05, 0) is 36.2 Å². The number of hydrogen-bond acceptors (Lipinski definition) is 3. The number of amides is 1. The van der Waals surface area contributed by atoms with Crippen LogP contribution in [0.2, 0.25) is 5.02 Å². The van der Waals surface area contributed by atoms with E-state index in [9.17, 15) is 14.9 Å². The number of carbonyl (C=O) groups is 1. The molecule has 0 spiro atoms. The Morgan fingerprint density at radius 3 is 2.22 bits per heavy atom. The third-order valence-corrected chi connectivity index (χ3v) is 4.49. The summed E-state index contributed by atoms with van der Waals surface area (Å²) in [7, 11) is 0. The molecule has 3 aromatic rings. The summed E-state index contributed by atoms with van der Waals surface area (Å²) in [4.78, 5) is 25.3. The van der Waals surface area contributed by atoms with Crippen LogP contribution in [0.5, 0.6) is 0 Å². The van der Waals surface area contributed by atoms with Crippen LogP contribution in [-0.2, 0) is 6.42 Å². The lowest BCUT2D eigenvalue weighted by atomic mass is 10.1. The number of nitrogens with zero attached hydrogens (tertiary/aromatic N) is 2. The van der Waals surface area contributed by atoms with E-state index in [0.29, 0.717) is 13.0 Å². The van der Waals surface area contributed by atoms with E-state index in [4.69, 9.17) is 11.6 Å². The van der Waals surface area contributed by atoms with Gasteiger partial charge in [0, 0.05) is 23.9 Å². The molecular formula is C21H17ClN2O3. The molecule has 0 aromatic heterocycles. The first-order chi connectivity index (χ1) is 13.1. The summed E-state index contributed by atoms with van der Waals surface area (Å²) < 4.78 is 0. The van der Waals surface area contributed by atoms with Crippen LogP contribution in [0.1, 0.15) is 15.9 Å². The van der Waals surface area contributed by atoms with Gasteiger partial charge in [-0.1, -0.05) is 60.1 Å². The van der Waals surface area contributed by atoms with Gasteiger partial charge in [-0.2, -0.15) is 0 Å². The number of nitro benzene ring substituents is 1. The molecule has 6 heteroatoms. The summed E-state index contributed by atoms with van der Waals surface area (Å²) in [5.41, 5.74) is 1.78. The highest BCUT2D eigenvalue weighted by Crippen LogP contribution is 2.27. The number of rotatable bonds is 6. The van der Waals surface area contributed by atoms with Gasteiger partial charge in [-0.3, -0.25) is 14.9 Å². The Morgan fingerprint density at radius 1 is 0.963 bits per heavy atom. The van der Waals surface area contributed by atoms with E-state index in [1.165, 1.54) is 18.2 Å². The first-order valence-corrected chi connectivity index (χ1v) is 8.79. The van der Waals surface area contributed by atoms with Crippen molar-refractivity contribution in [3.63, 3.8) is 0 Å². The van der Waals surface area contributed by atoms with E-state index >= 15 is 0 Å². The highest BCUT2D eigenvalue weighted by atomic mass is 35.5. The minimum atomic E-state index is -0.587. The van der Waals surface area contributed by atoms with Gasteiger partial charge >= 0.3 is 0 Å². The summed E-state index contributed by atoms with van der Waals surface area (Å²) in [6.45, 7) is 0.448. The molecule has 0 fully saturated rings. The largest absolute Gasteiger partial charge is 0.308 e. The van der Waals surface area contributed by atoms with Gasteiger partial charge in [0.1, 0.15) is 5.02 Å². The minimum absolute atomic E-state index is 0.00657. The zero-order valence-corrected chi connectivity index (χ0v) is 15.2. The fourth-order valence-electron chi connectivity index (χ4n) is 2.78. The van der Waals surface area contributed by atoms with Crippen molar-refractivity contribution in [2.24, 2.45) is 0 Å². The van der Waals surface area contributed by atoms with E-state index in [-0.39, 0.29) is 22.2 Å². The van der Waals surface area contributed by atoms with Crippen molar-refractivity contribution in [3.8, 4) is 0 Å². The van der Waals surface area contributed by atoms with E-state index in [2.05, 4.69) is 0 Å². The Hall–Kier alpha value is -3.18. The second-order valence-corrected chi connectivity index (χ2v) is 6.36. The molecule has 0 atom stereocenters. The lowest BCUT2D eigenvalue weighted by molar-refractivity contribution is -0.384. The molecule has 0 saturated carbocycles. The van der Waals surface area contributed by atoms with Crippen molar-refractivity contribution in [1.29, 1.82) is 0 Å². The lowest BCUT2D eigenvalue weighted by Crippen LogP contribution is -2.33. The molecule has 0 bridgehead atoms. The van der Waals surface area contributed by atoms with Gasteiger partial charge in [0.2, 0.25) is 0 Å². The predicted octanol–water partition coefficient (Wildman–Crippen LogP) is 5.14. The number of benzene rings is 3. The summed E-state index contributed by atoms with van der Waals surface area (Å²) in [5, 5.41) is 11.1. The van der Waals surface area contributed by atoms with Gasteiger partial charge < -0.3 is 4.90 Å². The minimum Gasteiger partial charge on any atom is -0.308 e. The topological polar surface area (TPSA) is 63.4 Å². The van der Waals surface area contributed by atoms with Gasteiger partial charge in [-0.15, -0.1) is 0 Å². The Morgan fingerprint density at radius 2 is 1.59 bits per heavy atom. The van der Waals surface area contributed by atoms with Gasteiger partial charge in [0.05, 0.1) is 4.92 Å². The maximum atomic E-state index is 13.1. The SMILES string of the molecule is O=C(c1ccc(Cl)c([N+](=O)[O-])c1)N(CCc1ccccc1)c1ccccc1. The van der Waals surface area contributed by atoms with Crippen molar-refractivity contribution in [3.05, 3.63) is 105 Å². The molecule has 0 saturated heterocycles. The second-order valence-electron chi connectivity index (χ2n) is 5.95. The molecule has 0 aliphatic heterocycles. The summed E-state index contributed by atoms with van der Waals surface area (Å²) in [5.74, 6) is -0.308. The fourth-order valence-corrected chi connectivity index (χ4v) is 2.97. The van der Waals surface area contributed by atoms with Crippen LogP contribution in [0.3, 0.4) is 0 Å². The van der Waals surface area contributed by atoms with Crippen LogP contribution >= 0.6 is 11.6 Å². The summed E-state index contributed by atoms with van der Waals surface area (Å²) in [6.07, 6.45) is 0.664. The highest BCUT2D eigenvalue weighted by Gasteiger charge is 2.21. The molecule has 3 rings (SSSR count). The van der Waals surface area contributed by atoms with E-state index < -0.39 is 4.92 Å². The van der Waals surface area contributed by atoms with Crippen LogP contribution in [-0.4, -0.2) is 17.4 Å². The number of para-hydroxylation sites is 1. The van der Waals surface area contributed by atoms with Crippen LogP contribution in [0, 0.1) is 10.1 Å². The zero-order valence-electron chi connectivity index (χ0n) is 14.4. The number of nitro groups is 1. The normalized spacial score (nSPS) is 10.4. The molecule has 0 radical (unpaired) electrons. The smallest absolute Gasteiger partial charge is 0.288 e. The standard InChI is InChI=1S/C21H17ClN2O3/c22-19-12-11-17(15-20(19)24(26)27)21(25)23(18-9-5-2-6-10-18)14-13-16-7-3-1-4-8-16/h1-12,15H,13-14H2. The van der Waals surface area contributed by atoms with Crippen molar-refractivity contribution in [2.75, 3.05) is 11.4 Å². The third kappa shape index (κ3) is 4.51. The number of anilines is 1. The first kappa shape index (κ1) is 18.6. The number of hydrogen-bond donors (Lipinski definition) is 0. The molecule has 0 N–H and O–H groups in total. The summed E-state index contributed by atoms with van der Waals surface area (Å²) >= 11 is 5.87. The molecule has 5 nitrogen and oxygen atoms in total. The van der Waals surface area contributed by atoms with Crippen LogP contribution in [0.25, 0.3) is 0 Å². The maximum absolute atomic E-state index is 13.1. The predicted molar refractivity (Wildman–Crippen MR) is 106 cm³/mol. The third-order valence-electron chi connectivity index (χ3n) is 4.17. The van der Waals surface area contributed by atoms with E-state index in [1.807, 2.05) is 60.7 Å². The molecule has 0 unspecified atom stereocenters. The molecule has 0 heterocycles. The molecule has 0 aliphatic rings. The van der Waals surface area contributed by atoms with Gasteiger partial charge in [0.25, 0.3) is 11.6 Å². The van der Waals surface area contributed by atoms with Crippen molar-refractivity contribution < 1.29 is 9.72 Å². The average molecular weight is 381 g/mol. The molecule has 136 valence electrons.